The van der Waals surface area contributed by atoms with Gasteiger partial charge in [0, 0.05) is 17.3 Å². The van der Waals surface area contributed by atoms with Gasteiger partial charge in [-0.2, -0.15) is 0 Å². The van der Waals surface area contributed by atoms with E-state index < -0.39 is 5.91 Å². The monoisotopic (exact) mass is 249 g/mol. The van der Waals surface area contributed by atoms with Crippen LogP contribution in [0.2, 0.25) is 0 Å². The van der Waals surface area contributed by atoms with Gasteiger partial charge in [-0.3, -0.25) is 4.79 Å². The van der Waals surface area contributed by atoms with Crippen LogP contribution in [0.3, 0.4) is 0 Å². The van der Waals surface area contributed by atoms with Crippen LogP contribution >= 0.6 is 0 Å². The maximum Gasteiger partial charge on any atom is 0.249 e. The van der Waals surface area contributed by atoms with Crippen molar-refractivity contribution in [1.29, 1.82) is 0 Å². The summed E-state index contributed by atoms with van der Waals surface area (Å²) in [6.45, 7) is 7.69. The molecule has 0 aliphatic carbocycles. The number of carbonyl (C=O) groups is 1. The Hall–Kier alpha value is -1.84. The van der Waals surface area contributed by atoms with Crippen molar-refractivity contribution < 1.29 is 4.79 Å². The van der Waals surface area contributed by atoms with Gasteiger partial charge in [0.05, 0.1) is 5.84 Å². The zero-order chi connectivity index (χ0) is 14.1. The lowest BCUT2D eigenvalue weighted by Gasteiger charge is -2.05. The van der Waals surface area contributed by atoms with Crippen molar-refractivity contribution in [3.05, 3.63) is 35.1 Å². The molecule has 0 aromatic carbocycles. The van der Waals surface area contributed by atoms with Crippen molar-refractivity contribution in [2.45, 2.75) is 40.5 Å². The number of carbonyl (C=O) groups excluding carboxylic acids is 1. The first kappa shape index (κ1) is 16.2. The van der Waals surface area contributed by atoms with Crippen molar-refractivity contribution >= 4 is 11.7 Å². The summed E-state index contributed by atoms with van der Waals surface area (Å²) in [6.07, 6.45) is 6.94. The second kappa shape index (κ2) is 8.28. The van der Waals surface area contributed by atoms with Crippen LogP contribution in [0.4, 0.5) is 0 Å². The van der Waals surface area contributed by atoms with Gasteiger partial charge in [-0.1, -0.05) is 31.6 Å². The van der Waals surface area contributed by atoms with Crippen LogP contribution in [0, 0.1) is 0 Å². The second-order valence-electron chi connectivity index (χ2n) is 4.09. The molecule has 4 heteroatoms. The summed E-state index contributed by atoms with van der Waals surface area (Å²) in [4.78, 5) is 15.5. The van der Waals surface area contributed by atoms with Crippen molar-refractivity contribution in [2.75, 3.05) is 0 Å². The number of hydrogen-bond acceptors (Lipinski definition) is 2. The predicted octanol–water partition coefficient (Wildman–Crippen LogP) is 2.43. The fourth-order valence-electron chi connectivity index (χ4n) is 1.29. The van der Waals surface area contributed by atoms with Crippen LogP contribution in [0.1, 0.15) is 40.5 Å². The maximum absolute atomic E-state index is 11.4. The minimum Gasteiger partial charge on any atom is -0.387 e. The molecular weight excluding hydrogens is 226 g/mol. The topological polar surface area (TPSA) is 81.5 Å². The Balaban J connectivity index is 5.59. The SMILES string of the molecule is CC\C=C(C(N)=O)/C(/C=C(\C)CC)=C/N=C(C)N. The molecule has 0 spiro atoms. The Morgan fingerprint density at radius 3 is 2.22 bits per heavy atom. The number of hydrogen-bond donors (Lipinski definition) is 2. The maximum atomic E-state index is 11.4. The van der Waals surface area contributed by atoms with Crippen LogP contribution in [-0.4, -0.2) is 11.7 Å². The first-order chi connectivity index (χ1) is 8.42. The third-order valence-corrected chi connectivity index (χ3v) is 2.35. The van der Waals surface area contributed by atoms with Crippen LogP contribution in [0.15, 0.2) is 40.1 Å². The number of nitrogens with two attached hydrogens (primary N) is 2. The van der Waals surface area contributed by atoms with Crippen molar-refractivity contribution in [3.8, 4) is 0 Å². The van der Waals surface area contributed by atoms with Crippen LogP contribution in [-0.2, 0) is 4.79 Å². The van der Waals surface area contributed by atoms with Crippen LogP contribution in [0.25, 0.3) is 0 Å². The molecule has 0 rings (SSSR count). The highest BCUT2D eigenvalue weighted by Gasteiger charge is 2.08. The van der Waals surface area contributed by atoms with E-state index in [1.807, 2.05) is 26.8 Å². The molecule has 0 unspecified atom stereocenters. The van der Waals surface area contributed by atoms with Crippen molar-refractivity contribution in [3.63, 3.8) is 0 Å². The Bertz CT molecular complexity index is 411. The molecule has 0 atom stereocenters. The average Bonchev–Trinajstić information content (AvgIpc) is 2.30. The molecule has 4 N–H and O–H groups in total. The van der Waals surface area contributed by atoms with Gasteiger partial charge in [-0.25, -0.2) is 4.99 Å². The van der Waals surface area contributed by atoms with Gasteiger partial charge in [0.25, 0.3) is 0 Å². The first-order valence-corrected chi connectivity index (χ1v) is 6.09. The van der Waals surface area contributed by atoms with Gasteiger partial charge < -0.3 is 11.5 Å². The summed E-state index contributed by atoms with van der Waals surface area (Å²) in [5.41, 5.74) is 13.2. The van der Waals surface area contributed by atoms with Gasteiger partial charge in [-0.05, 0) is 26.7 Å². The van der Waals surface area contributed by atoms with Crippen LogP contribution in [0.5, 0.6) is 0 Å². The number of rotatable bonds is 6. The molecule has 0 saturated carbocycles. The Kier molecular flexibility index (Phi) is 7.43. The molecule has 0 aliphatic rings. The van der Waals surface area contributed by atoms with E-state index in [9.17, 15) is 4.79 Å². The molecule has 1 amide bonds. The number of nitrogens with zero attached hydrogens (tertiary/aromatic N) is 1. The third-order valence-electron chi connectivity index (χ3n) is 2.35. The predicted molar refractivity (Wildman–Crippen MR) is 77.0 cm³/mol. The molecule has 0 radical (unpaired) electrons. The molecule has 4 nitrogen and oxygen atoms in total. The van der Waals surface area contributed by atoms with E-state index in [4.69, 9.17) is 11.5 Å². The van der Waals surface area contributed by atoms with Gasteiger partial charge in [0.2, 0.25) is 5.91 Å². The Morgan fingerprint density at radius 2 is 1.83 bits per heavy atom. The second-order valence-corrected chi connectivity index (χ2v) is 4.09. The largest absolute Gasteiger partial charge is 0.387 e. The lowest BCUT2D eigenvalue weighted by Crippen LogP contribution is -2.15. The molecule has 0 aromatic heterocycles. The van der Waals surface area contributed by atoms with Crippen molar-refractivity contribution in [2.24, 2.45) is 16.5 Å². The smallest absolute Gasteiger partial charge is 0.249 e. The van der Waals surface area contributed by atoms with Gasteiger partial charge in [0.15, 0.2) is 0 Å². The minimum atomic E-state index is -0.451. The summed E-state index contributed by atoms with van der Waals surface area (Å²) in [5, 5.41) is 0. The lowest BCUT2D eigenvalue weighted by molar-refractivity contribution is -0.114. The summed E-state index contributed by atoms with van der Waals surface area (Å²) in [6, 6.07) is 0. The molecule has 0 aromatic rings. The highest BCUT2D eigenvalue weighted by atomic mass is 16.1. The molecule has 0 heterocycles. The fourth-order valence-corrected chi connectivity index (χ4v) is 1.29. The highest BCUT2D eigenvalue weighted by Crippen LogP contribution is 2.16. The summed E-state index contributed by atoms with van der Waals surface area (Å²) < 4.78 is 0. The fraction of sp³-hybridized carbons (Fsp3) is 0.429. The molecule has 0 aliphatic heterocycles. The Labute approximate surface area is 109 Å². The Morgan fingerprint density at radius 1 is 1.22 bits per heavy atom. The molecular formula is C14H23N3O. The number of primary amides is 1. The average molecular weight is 249 g/mol. The lowest BCUT2D eigenvalue weighted by atomic mass is 10.0. The van der Waals surface area contributed by atoms with E-state index >= 15 is 0 Å². The summed E-state index contributed by atoms with van der Waals surface area (Å²) in [7, 11) is 0. The van der Waals surface area contributed by atoms with E-state index in [1.165, 1.54) is 0 Å². The third kappa shape index (κ3) is 6.03. The summed E-state index contributed by atoms with van der Waals surface area (Å²) >= 11 is 0. The number of allylic oxidation sites excluding steroid dienone is 3. The van der Waals surface area contributed by atoms with E-state index in [1.54, 1.807) is 19.2 Å². The number of aliphatic imine (C=N–C) groups is 1. The molecule has 0 fully saturated rings. The molecule has 0 saturated heterocycles. The molecule has 100 valence electrons. The number of amidine groups is 1. The van der Waals surface area contributed by atoms with E-state index in [2.05, 4.69) is 4.99 Å². The zero-order valence-electron chi connectivity index (χ0n) is 11.7. The minimum absolute atomic E-state index is 0.440. The van der Waals surface area contributed by atoms with E-state index in [0.29, 0.717) is 17.0 Å². The van der Waals surface area contributed by atoms with Crippen LogP contribution < -0.4 is 11.5 Å². The van der Waals surface area contributed by atoms with Gasteiger partial charge in [-0.15, -0.1) is 0 Å². The highest BCUT2D eigenvalue weighted by molar-refractivity contribution is 5.97. The van der Waals surface area contributed by atoms with Gasteiger partial charge in [0.1, 0.15) is 0 Å². The molecule has 0 bridgehead atoms. The van der Waals surface area contributed by atoms with Gasteiger partial charge >= 0.3 is 0 Å². The van der Waals surface area contributed by atoms with Crippen molar-refractivity contribution in [1.82, 2.24) is 0 Å². The summed E-state index contributed by atoms with van der Waals surface area (Å²) in [5.74, 6) is -0.0107. The van der Waals surface area contributed by atoms with E-state index in [-0.39, 0.29) is 0 Å². The normalized spacial score (nSPS) is 14.9. The number of amides is 1. The first-order valence-electron chi connectivity index (χ1n) is 6.09. The van der Waals surface area contributed by atoms with E-state index in [0.717, 1.165) is 18.4 Å². The zero-order valence-corrected chi connectivity index (χ0v) is 11.7. The molecule has 18 heavy (non-hydrogen) atoms. The quantitative estimate of drug-likeness (QED) is 0.328. The standard InChI is InChI=1S/C14H23N3O/c1-5-7-13(14(16)18)12(8-10(3)6-2)9-17-11(4)15/h7-9H,5-6H2,1-4H3,(H2,15,17)(H2,16,18)/b10-8+,12-9+,13-7+.